The molecule has 0 aromatic heterocycles. The van der Waals surface area contributed by atoms with E-state index in [-0.39, 0.29) is 19.1 Å². The van der Waals surface area contributed by atoms with Gasteiger partial charge in [0, 0.05) is 6.42 Å². The number of aliphatic hydroxyl groups excluding tert-OH is 1. The van der Waals surface area contributed by atoms with Crippen molar-refractivity contribution in [2.24, 2.45) is 0 Å². The lowest BCUT2D eigenvalue weighted by atomic mass is 10.1. The van der Waals surface area contributed by atoms with Gasteiger partial charge in [0.25, 0.3) is 0 Å². The smallest absolute Gasteiger partial charge is 0.387 e. The highest BCUT2D eigenvalue weighted by atomic mass is 31.2. The number of likely N-dealkylation sites (N-methyl/N-ethyl adjacent to an activating group) is 1. The summed E-state index contributed by atoms with van der Waals surface area (Å²) >= 11 is 0. The summed E-state index contributed by atoms with van der Waals surface area (Å²) < 4.78 is 23.4. The van der Waals surface area contributed by atoms with E-state index < -0.39 is 20.0 Å². The number of carbonyl (C=O) groups excluding carboxylic acids is 1. The topological polar surface area (TPSA) is 105 Å². The summed E-state index contributed by atoms with van der Waals surface area (Å²) in [5, 5.41) is 13.7. The van der Waals surface area contributed by atoms with Gasteiger partial charge in [-0.3, -0.25) is 13.8 Å². The van der Waals surface area contributed by atoms with Gasteiger partial charge in [-0.25, -0.2) is 4.57 Å². The molecule has 0 aliphatic heterocycles. The van der Waals surface area contributed by atoms with Gasteiger partial charge in [-0.15, -0.1) is 0 Å². The number of rotatable bonds is 32. The molecule has 278 valence electrons. The van der Waals surface area contributed by atoms with E-state index in [0.717, 1.165) is 70.6 Å². The Balaban J connectivity index is 4.63. The number of nitrogens with zero attached hydrogens (tertiary/aromatic N) is 1. The van der Waals surface area contributed by atoms with Crippen LogP contribution in [0.3, 0.4) is 0 Å². The lowest BCUT2D eigenvalue weighted by Crippen LogP contribution is -2.45. The normalized spacial score (nSPS) is 15.4. The number of phosphoric acid groups is 1. The van der Waals surface area contributed by atoms with Gasteiger partial charge >= 0.3 is 7.82 Å². The first kappa shape index (κ1) is 46.2. The van der Waals surface area contributed by atoms with Crippen molar-refractivity contribution in [2.75, 3.05) is 40.9 Å². The molecule has 0 aromatic carbocycles. The summed E-state index contributed by atoms with van der Waals surface area (Å²) in [6, 6.07) is -0.874. The number of hydrogen-bond acceptors (Lipinski definition) is 5. The predicted molar refractivity (Wildman–Crippen MR) is 203 cm³/mol. The lowest BCUT2D eigenvalue weighted by Gasteiger charge is -2.25. The van der Waals surface area contributed by atoms with Crippen LogP contribution in [0.4, 0.5) is 0 Å². The van der Waals surface area contributed by atoms with Crippen molar-refractivity contribution in [3.05, 3.63) is 60.8 Å². The van der Waals surface area contributed by atoms with Crippen LogP contribution in [0.2, 0.25) is 0 Å². The van der Waals surface area contributed by atoms with E-state index in [1.807, 2.05) is 27.2 Å². The Kier molecular flexibility index (Phi) is 30.0. The van der Waals surface area contributed by atoms with Crippen LogP contribution in [0, 0.1) is 0 Å². The van der Waals surface area contributed by atoms with Gasteiger partial charge < -0.3 is 19.8 Å². The molecule has 0 aliphatic carbocycles. The van der Waals surface area contributed by atoms with Crippen molar-refractivity contribution < 1.29 is 32.9 Å². The first-order chi connectivity index (χ1) is 23.0. The van der Waals surface area contributed by atoms with E-state index in [0.29, 0.717) is 17.4 Å². The van der Waals surface area contributed by atoms with Gasteiger partial charge in [0.1, 0.15) is 13.2 Å². The van der Waals surface area contributed by atoms with Crippen molar-refractivity contribution in [2.45, 2.75) is 142 Å². The average Bonchev–Trinajstić information content (AvgIpc) is 3.02. The zero-order valence-corrected chi connectivity index (χ0v) is 32.1. The Bertz CT molecular complexity index is 970. The molecule has 48 heavy (non-hydrogen) atoms. The molecule has 3 N–H and O–H groups in total. The summed E-state index contributed by atoms with van der Waals surface area (Å²) in [6.45, 7) is 4.63. The van der Waals surface area contributed by atoms with Crippen LogP contribution in [0.25, 0.3) is 0 Å². The zero-order chi connectivity index (χ0) is 35.8. The van der Waals surface area contributed by atoms with Crippen LogP contribution in [-0.2, 0) is 18.4 Å². The van der Waals surface area contributed by atoms with E-state index in [4.69, 9.17) is 9.05 Å². The standard InChI is InChI=1S/C39H71N2O6P/c1-6-8-10-12-14-16-18-19-20-21-23-25-27-29-31-33-39(43)40-37(36-47-48(44,45)46-35-34-41(3,4)5)38(42)32-30-28-26-24-22-17-15-13-11-9-7-2/h11,13-14,16,18-19,22,24,30,32,37-38,42H,6-10,12,15,17,20-21,23,25-29,31,33-36H2,1-5H3,(H-,40,43,44,45)/p+1/b13-11+,16-14-,19-18-,24-22+,32-30+. The minimum atomic E-state index is -4.34. The fourth-order valence-corrected chi connectivity index (χ4v) is 5.39. The molecule has 0 fully saturated rings. The Morgan fingerprint density at radius 2 is 1.25 bits per heavy atom. The molecule has 0 spiro atoms. The molecule has 0 bridgehead atoms. The van der Waals surface area contributed by atoms with Gasteiger partial charge in [-0.05, 0) is 64.2 Å². The van der Waals surface area contributed by atoms with E-state index in [1.165, 1.54) is 38.5 Å². The van der Waals surface area contributed by atoms with Crippen molar-refractivity contribution in [3.63, 3.8) is 0 Å². The maximum absolute atomic E-state index is 12.8. The van der Waals surface area contributed by atoms with E-state index in [2.05, 4.69) is 67.8 Å². The number of unbranched alkanes of at least 4 members (excludes halogenated alkanes) is 12. The maximum Gasteiger partial charge on any atom is 0.472 e. The molecule has 3 atom stereocenters. The van der Waals surface area contributed by atoms with Gasteiger partial charge in [0.15, 0.2) is 0 Å². The molecule has 0 aromatic rings. The third-order valence-electron chi connectivity index (χ3n) is 7.70. The zero-order valence-electron chi connectivity index (χ0n) is 31.2. The van der Waals surface area contributed by atoms with Crippen LogP contribution in [0.5, 0.6) is 0 Å². The molecule has 8 nitrogen and oxygen atoms in total. The highest BCUT2D eigenvalue weighted by molar-refractivity contribution is 7.47. The number of hydrogen-bond donors (Lipinski definition) is 3. The Morgan fingerprint density at radius 3 is 1.83 bits per heavy atom. The highest BCUT2D eigenvalue weighted by Crippen LogP contribution is 2.43. The van der Waals surface area contributed by atoms with Crippen LogP contribution in [-0.4, -0.2) is 73.4 Å². The number of amides is 1. The SMILES string of the molecule is CCC/C=C/CC/C=C/CC/C=C/C(O)C(COP(=O)(O)OCC[N+](C)(C)C)NC(=O)CCCCCCCC/C=C\C=C/CCCCC. The fraction of sp³-hybridized carbons (Fsp3) is 0.718. The molecule has 0 heterocycles. The molecule has 0 saturated heterocycles. The molecule has 9 heteroatoms. The lowest BCUT2D eigenvalue weighted by molar-refractivity contribution is -0.870. The molecule has 3 unspecified atom stereocenters. The second-order valence-corrected chi connectivity index (χ2v) is 15.1. The second kappa shape index (κ2) is 31.2. The van der Waals surface area contributed by atoms with Gasteiger partial charge in [0.05, 0.1) is 39.9 Å². The molecule has 0 aliphatic rings. The average molecular weight is 696 g/mol. The van der Waals surface area contributed by atoms with Crippen molar-refractivity contribution in [1.29, 1.82) is 0 Å². The number of aliphatic hydroxyl groups is 1. The third kappa shape index (κ3) is 32.7. The fourth-order valence-electron chi connectivity index (χ4n) is 4.66. The number of phosphoric ester groups is 1. The summed E-state index contributed by atoms with van der Waals surface area (Å²) in [5.74, 6) is -0.210. The van der Waals surface area contributed by atoms with Crippen LogP contribution in [0.15, 0.2) is 60.8 Å². The Hall–Kier alpha value is -1.80. The van der Waals surface area contributed by atoms with Gasteiger partial charge in [-0.1, -0.05) is 120 Å². The van der Waals surface area contributed by atoms with E-state index in [1.54, 1.807) is 6.08 Å². The summed E-state index contributed by atoms with van der Waals surface area (Å²) in [5.41, 5.74) is 0. The molecule has 0 rings (SSSR count). The van der Waals surface area contributed by atoms with Crippen molar-refractivity contribution in [3.8, 4) is 0 Å². The molecule has 0 radical (unpaired) electrons. The first-order valence-electron chi connectivity index (χ1n) is 18.7. The number of allylic oxidation sites excluding steroid dienone is 9. The highest BCUT2D eigenvalue weighted by Gasteiger charge is 2.27. The van der Waals surface area contributed by atoms with Crippen molar-refractivity contribution >= 4 is 13.7 Å². The quantitative estimate of drug-likeness (QED) is 0.0213. The summed E-state index contributed by atoms with van der Waals surface area (Å²) in [7, 11) is 1.52. The Morgan fingerprint density at radius 1 is 0.708 bits per heavy atom. The third-order valence-corrected chi connectivity index (χ3v) is 8.68. The number of nitrogens with one attached hydrogen (secondary N) is 1. The minimum absolute atomic E-state index is 0.0482. The van der Waals surface area contributed by atoms with Gasteiger partial charge in [0.2, 0.25) is 5.91 Å². The number of quaternary nitrogens is 1. The van der Waals surface area contributed by atoms with Crippen molar-refractivity contribution in [1.82, 2.24) is 5.32 Å². The molecule has 0 saturated carbocycles. The van der Waals surface area contributed by atoms with Crippen LogP contribution >= 0.6 is 7.82 Å². The molecular weight excluding hydrogens is 623 g/mol. The summed E-state index contributed by atoms with van der Waals surface area (Å²) in [6.07, 6.45) is 38.6. The van der Waals surface area contributed by atoms with E-state index >= 15 is 0 Å². The maximum atomic E-state index is 12.8. The monoisotopic (exact) mass is 696 g/mol. The second-order valence-electron chi connectivity index (χ2n) is 13.6. The van der Waals surface area contributed by atoms with E-state index in [9.17, 15) is 19.4 Å². The van der Waals surface area contributed by atoms with Crippen LogP contribution in [0.1, 0.15) is 129 Å². The first-order valence-corrected chi connectivity index (χ1v) is 20.2. The van der Waals surface area contributed by atoms with Gasteiger partial charge in [-0.2, -0.15) is 0 Å². The molecule has 1 amide bonds. The minimum Gasteiger partial charge on any atom is -0.387 e. The largest absolute Gasteiger partial charge is 0.472 e. The summed E-state index contributed by atoms with van der Waals surface area (Å²) in [4.78, 5) is 22.9. The Labute approximate surface area is 294 Å². The van der Waals surface area contributed by atoms with Crippen LogP contribution < -0.4 is 5.32 Å². The molecular formula is C39H72N2O6P+. The predicted octanol–water partition coefficient (Wildman–Crippen LogP) is 9.51. The number of carbonyl (C=O) groups is 1.